The fraction of sp³-hybridized carbons (Fsp3) is 0.176. The number of aromatic nitrogens is 1. The number of hydrogen-bond donors (Lipinski definition) is 1. The van der Waals surface area contributed by atoms with E-state index in [9.17, 15) is 4.79 Å². The molecule has 7 heteroatoms. The zero-order valence-corrected chi connectivity index (χ0v) is 15.5. The first-order valence-corrected chi connectivity index (χ1v) is 9.37. The second-order valence-electron chi connectivity index (χ2n) is 5.10. The largest absolute Gasteiger partial charge is 0.494 e. The number of carbonyl (C=O) groups is 1. The summed E-state index contributed by atoms with van der Waals surface area (Å²) in [5.41, 5.74) is 1.86. The molecule has 0 aliphatic heterocycles. The second-order valence-corrected chi connectivity index (χ2v) is 7.55. The number of halogens is 1. The van der Waals surface area contributed by atoms with Crippen LogP contribution < -0.4 is 10.1 Å². The number of thiazole rings is 1. The molecule has 3 aromatic rings. The van der Waals surface area contributed by atoms with E-state index in [0.717, 1.165) is 9.60 Å². The zero-order valence-electron chi connectivity index (χ0n) is 13.1. The summed E-state index contributed by atoms with van der Waals surface area (Å²) in [7, 11) is 1.58. The standard InChI is InChI=1S/C17H15ClN2O2S2/c1-10-3-5-11(6-4-10)23-9-14(21)19-17-20-15-13(22-2)8-7-12(18)16(15)24-17/h3-8H,9H2,1-2H3,(H,19,20,21). The number of fused-ring (bicyclic) bond motifs is 1. The monoisotopic (exact) mass is 378 g/mol. The quantitative estimate of drug-likeness (QED) is 0.635. The number of nitrogens with one attached hydrogen (secondary N) is 1. The number of aryl methyl sites for hydroxylation is 1. The number of ether oxygens (including phenoxy) is 1. The number of amides is 1. The van der Waals surface area contributed by atoms with Crippen molar-refractivity contribution in [2.24, 2.45) is 0 Å². The number of hydrogen-bond acceptors (Lipinski definition) is 5. The van der Waals surface area contributed by atoms with Crippen molar-refractivity contribution in [2.45, 2.75) is 11.8 Å². The number of methoxy groups -OCH3 is 1. The first kappa shape index (κ1) is 17.1. The van der Waals surface area contributed by atoms with Gasteiger partial charge in [-0.25, -0.2) is 4.98 Å². The molecule has 0 fully saturated rings. The molecule has 3 rings (SSSR count). The molecule has 124 valence electrons. The summed E-state index contributed by atoms with van der Waals surface area (Å²) >= 11 is 9.02. The molecule has 0 bridgehead atoms. The van der Waals surface area contributed by atoms with E-state index in [1.54, 1.807) is 19.2 Å². The fourth-order valence-corrected chi connectivity index (χ4v) is 3.98. The Morgan fingerprint density at radius 2 is 2.04 bits per heavy atom. The highest BCUT2D eigenvalue weighted by molar-refractivity contribution is 8.00. The van der Waals surface area contributed by atoms with Gasteiger partial charge in [-0.2, -0.15) is 0 Å². The van der Waals surface area contributed by atoms with Crippen LogP contribution >= 0.6 is 34.7 Å². The van der Waals surface area contributed by atoms with Crippen LogP contribution in [0.4, 0.5) is 5.13 Å². The molecule has 0 atom stereocenters. The summed E-state index contributed by atoms with van der Waals surface area (Å²) in [6.07, 6.45) is 0. The van der Waals surface area contributed by atoms with Crippen molar-refractivity contribution in [3.63, 3.8) is 0 Å². The van der Waals surface area contributed by atoms with Gasteiger partial charge in [0.25, 0.3) is 0 Å². The van der Waals surface area contributed by atoms with E-state index < -0.39 is 0 Å². The molecular weight excluding hydrogens is 364 g/mol. The summed E-state index contributed by atoms with van der Waals surface area (Å²) in [6, 6.07) is 11.6. The molecule has 0 unspecified atom stereocenters. The topological polar surface area (TPSA) is 51.2 Å². The zero-order chi connectivity index (χ0) is 17.1. The highest BCUT2D eigenvalue weighted by Gasteiger charge is 2.14. The normalized spacial score (nSPS) is 10.8. The lowest BCUT2D eigenvalue weighted by Crippen LogP contribution is -2.13. The van der Waals surface area contributed by atoms with Crippen LogP contribution in [0.5, 0.6) is 5.75 Å². The SMILES string of the molecule is COc1ccc(Cl)c2sc(NC(=O)CSc3ccc(C)cc3)nc12. The third-order valence-electron chi connectivity index (χ3n) is 3.32. The Morgan fingerprint density at radius 3 is 2.75 bits per heavy atom. The average Bonchev–Trinajstić information content (AvgIpc) is 2.99. The lowest BCUT2D eigenvalue weighted by atomic mass is 10.2. The number of rotatable bonds is 5. The predicted molar refractivity (Wildman–Crippen MR) is 102 cm³/mol. The lowest BCUT2D eigenvalue weighted by Gasteiger charge is -2.02. The number of benzene rings is 2. The molecule has 0 aliphatic rings. The van der Waals surface area contributed by atoms with E-state index in [1.165, 1.54) is 28.7 Å². The molecule has 0 saturated carbocycles. The van der Waals surface area contributed by atoms with Crippen LogP contribution in [0.15, 0.2) is 41.3 Å². The molecule has 0 spiro atoms. The summed E-state index contributed by atoms with van der Waals surface area (Å²) in [5.74, 6) is 0.860. The highest BCUT2D eigenvalue weighted by atomic mass is 35.5. The summed E-state index contributed by atoms with van der Waals surface area (Å²) in [5, 5.41) is 3.94. The molecular formula is C17H15ClN2O2S2. The Kier molecular flexibility index (Phi) is 5.28. The maximum Gasteiger partial charge on any atom is 0.236 e. The van der Waals surface area contributed by atoms with Gasteiger partial charge in [-0.3, -0.25) is 4.79 Å². The molecule has 0 aliphatic carbocycles. The van der Waals surface area contributed by atoms with Crippen molar-refractivity contribution < 1.29 is 9.53 Å². The van der Waals surface area contributed by atoms with Crippen LogP contribution in [0.2, 0.25) is 5.02 Å². The molecule has 4 nitrogen and oxygen atoms in total. The smallest absolute Gasteiger partial charge is 0.236 e. The second kappa shape index (κ2) is 7.42. The van der Waals surface area contributed by atoms with Gasteiger partial charge < -0.3 is 10.1 Å². The third kappa shape index (κ3) is 3.83. The van der Waals surface area contributed by atoms with Crippen molar-refractivity contribution in [1.29, 1.82) is 0 Å². The number of carbonyl (C=O) groups excluding carboxylic acids is 1. The Hall–Kier alpha value is -1.76. The average molecular weight is 379 g/mol. The molecule has 1 N–H and O–H groups in total. The molecule has 1 heterocycles. The Labute approximate surface area is 153 Å². The Bertz CT molecular complexity index is 878. The number of nitrogens with zero attached hydrogens (tertiary/aromatic N) is 1. The van der Waals surface area contributed by atoms with E-state index in [1.807, 2.05) is 31.2 Å². The van der Waals surface area contributed by atoms with E-state index in [4.69, 9.17) is 16.3 Å². The predicted octanol–water partition coefficient (Wildman–Crippen LogP) is 5.00. The Morgan fingerprint density at radius 1 is 1.29 bits per heavy atom. The molecule has 1 aromatic heterocycles. The van der Waals surface area contributed by atoms with Crippen LogP contribution in [-0.4, -0.2) is 23.8 Å². The maximum atomic E-state index is 12.1. The van der Waals surface area contributed by atoms with Crippen molar-refractivity contribution in [3.05, 3.63) is 47.0 Å². The third-order valence-corrected chi connectivity index (χ3v) is 5.76. The minimum absolute atomic E-state index is 0.102. The number of anilines is 1. The minimum Gasteiger partial charge on any atom is -0.494 e. The molecule has 0 radical (unpaired) electrons. The van der Waals surface area contributed by atoms with Gasteiger partial charge in [0.05, 0.1) is 22.6 Å². The van der Waals surface area contributed by atoms with Crippen molar-refractivity contribution >= 4 is 56.0 Å². The van der Waals surface area contributed by atoms with Gasteiger partial charge in [-0.05, 0) is 31.2 Å². The Balaban J connectivity index is 1.69. The fourth-order valence-electron chi connectivity index (χ4n) is 2.11. The summed E-state index contributed by atoms with van der Waals surface area (Å²) in [4.78, 5) is 17.6. The van der Waals surface area contributed by atoms with Gasteiger partial charge in [-0.1, -0.05) is 40.6 Å². The molecule has 0 saturated heterocycles. The van der Waals surface area contributed by atoms with E-state index in [0.29, 0.717) is 27.2 Å². The van der Waals surface area contributed by atoms with Crippen molar-refractivity contribution in [3.8, 4) is 5.75 Å². The van der Waals surface area contributed by atoms with E-state index in [2.05, 4.69) is 10.3 Å². The lowest BCUT2D eigenvalue weighted by molar-refractivity contribution is -0.113. The molecule has 24 heavy (non-hydrogen) atoms. The van der Waals surface area contributed by atoms with Crippen LogP contribution in [0.25, 0.3) is 10.2 Å². The summed E-state index contributed by atoms with van der Waals surface area (Å²) in [6.45, 7) is 2.04. The van der Waals surface area contributed by atoms with Crippen molar-refractivity contribution in [1.82, 2.24) is 4.98 Å². The number of thioether (sulfide) groups is 1. The van der Waals surface area contributed by atoms with E-state index in [-0.39, 0.29) is 5.91 Å². The highest BCUT2D eigenvalue weighted by Crippen LogP contribution is 2.37. The van der Waals surface area contributed by atoms with Crippen LogP contribution in [0.1, 0.15) is 5.56 Å². The van der Waals surface area contributed by atoms with Gasteiger partial charge in [0.15, 0.2) is 5.13 Å². The van der Waals surface area contributed by atoms with Gasteiger partial charge in [0.2, 0.25) is 5.91 Å². The van der Waals surface area contributed by atoms with Gasteiger partial charge in [0, 0.05) is 4.90 Å². The minimum atomic E-state index is -0.102. The van der Waals surface area contributed by atoms with E-state index >= 15 is 0 Å². The maximum absolute atomic E-state index is 12.1. The first-order chi connectivity index (χ1) is 11.6. The molecule has 1 amide bonds. The van der Waals surface area contributed by atoms with Gasteiger partial charge in [-0.15, -0.1) is 11.8 Å². The molecule has 2 aromatic carbocycles. The first-order valence-electron chi connectivity index (χ1n) is 7.19. The van der Waals surface area contributed by atoms with Crippen LogP contribution in [0, 0.1) is 6.92 Å². The summed E-state index contributed by atoms with van der Waals surface area (Å²) < 4.78 is 6.09. The van der Waals surface area contributed by atoms with Crippen LogP contribution in [0.3, 0.4) is 0 Å². The van der Waals surface area contributed by atoms with Crippen molar-refractivity contribution in [2.75, 3.05) is 18.2 Å². The van der Waals surface area contributed by atoms with Crippen LogP contribution in [-0.2, 0) is 4.79 Å². The van der Waals surface area contributed by atoms with Gasteiger partial charge >= 0.3 is 0 Å². The van der Waals surface area contributed by atoms with Gasteiger partial charge in [0.1, 0.15) is 11.3 Å².